The minimum atomic E-state index is 0.0859. The molecule has 1 aromatic carbocycles. The molecule has 1 amide bonds. The number of anilines is 1. The molecule has 0 radical (unpaired) electrons. The van der Waals surface area contributed by atoms with Crippen LogP contribution in [0.1, 0.15) is 24.8 Å². The van der Waals surface area contributed by atoms with Crippen LogP contribution in [0.15, 0.2) is 24.3 Å². The zero-order valence-electron chi connectivity index (χ0n) is 11.8. The maximum Gasteiger partial charge on any atom is 0.252 e. The van der Waals surface area contributed by atoms with Gasteiger partial charge in [-0.05, 0) is 43.9 Å². The molecular weight excluding hydrogens is 252 g/mol. The van der Waals surface area contributed by atoms with Gasteiger partial charge < -0.3 is 15.0 Å². The fourth-order valence-corrected chi connectivity index (χ4v) is 3.02. The van der Waals surface area contributed by atoms with E-state index < -0.39 is 0 Å². The number of amides is 1. The van der Waals surface area contributed by atoms with Crippen LogP contribution in [0, 0.1) is 0 Å². The Hall–Kier alpha value is -1.39. The second kappa shape index (κ2) is 6.37. The first-order valence-electron chi connectivity index (χ1n) is 7.55. The fraction of sp³-hybridized carbons (Fsp3) is 0.562. The van der Waals surface area contributed by atoms with E-state index in [1.165, 1.54) is 5.56 Å². The van der Waals surface area contributed by atoms with Gasteiger partial charge in [0.05, 0.1) is 6.10 Å². The molecule has 0 bridgehead atoms. The molecule has 1 fully saturated rings. The van der Waals surface area contributed by atoms with Crippen molar-refractivity contribution in [2.75, 3.05) is 31.1 Å². The summed E-state index contributed by atoms with van der Waals surface area (Å²) in [5, 5.41) is 3.30. The molecule has 1 unspecified atom stereocenters. The molecular formula is C16H22N2O2. The monoisotopic (exact) mass is 274 g/mol. The zero-order valence-corrected chi connectivity index (χ0v) is 11.8. The van der Waals surface area contributed by atoms with Crippen LogP contribution in [0.3, 0.4) is 0 Å². The summed E-state index contributed by atoms with van der Waals surface area (Å²) in [6, 6.07) is 8.18. The highest BCUT2D eigenvalue weighted by molar-refractivity contribution is 5.95. The highest BCUT2D eigenvalue weighted by atomic mass is 16.5. The number of benzene rings is 1. The van der Waals surface area contributed by atoms with E-state index in [9.17, 15) is 4.79 Å². The summed E-state index contributed by atoms with van der Waals surface area (Å²) >= 11 is 0. The molecule has 2 heterocycles. The number of hydrogen-bond acceptors (Lipinski definition) is 3. The predicted molar refractivity (Wildman–Crippen MR) is 79.0 cm³/mol. The van der Waals surface area contributed by atoms with Gasteiger partial charge in [-0.1, -0.05) is 18.2 Å². The van der Waals surface area contributed by atoms with Gasteiger partial charge in [0.1, 0.15) is 6.61 Å². The van der Waals surface area contributed by atoms with Crippen LogP contribution in [0.25, 0.3) is 0 Å². The number of aryl methyl sites for hydroxylation is 1. The van der Waals surface area contributed by atoms with E-state index in [0.717, 1.165) is 51.0 Å². The lowest BCUT2D eigenvalue weighted by Crippen LogP contribution is -2.41. The molecule has 2 aliphatic heterocycles. The number of carbonyl (C=O) groups is 1. The van der Waals surface area contributed by atoms with Gasteiger partial charge in [-0.2, -0.15) is 0 Å². The van der Waals surface area contributed by atoms with E-state index >= 15 is 0 Å². The Bertz CT molecular complexity index is 469. The van der Waals surface area contributed by atoms with Crippen molar-refractivity contribution in [1.82, 2.24) is 5.32 Å². The average molecular weight is 274 g/mol. The molecule has 4 nitrogen and oxygen atoms in total. The molecule has 1 aromatic rings. The summed E-state index contributed by atoms with van der Waals surface area (Å²) in [6.07, 6.45) is 4.47. The highest BCUT2D eigenvalue weighted by Gasteiger charge is 2.23. The minimum absolute atomic E-state index is 0.0859. The summed E-state index contributed by atoms with van der Waals surface area (Å²) in [5.74, 6) is 0.0859. The Balaban J connectivity index is 1.60. The largest absolute Gasteiger partial charge is 0.367 e. The Morgan fingerprint density at radius 3 is 3.10 bits per heavy atom. The summed E-state index contributed by atoms with van der Waals surface area (Å²) in [4.78, 5) is 14.3. The minimum Gasteiger partial charge on any atom is -0.367 e. The van der Waals surface area contributed by atoms with Gasteiger partial charge in [-0.25, -0.2) is 0 Å². The first-order valence-corrected chi connectivity index (χ1v) is 7.55. The Labute approximate surface area is 120 Å². The Morgan fingerprint density at radius 1 is 1.35 bits per heavy atom. The number of hydrogen-bond donors (Lipinski definition) is 1. The summed E-state index contributed by atoms with van der Waals surface area (Å²) < 4.78 is 5.76. The molecule has 4 heteroatoms. The maximum atomic E-state index is 12.4. The number of para-hydroxylation sites is 1. The lowest BCUT2D eigenvalue weighted by molar-refractivity contribution is -0.125. The van der Waals surface area contributed by atoms with Crippen LogP contribution in [-0.2, 0) is 16.0 Å². The number of fused-ring (bicyclic) bond motifs is 1. The molecule has 1 N–H and O–H groups in total. The molecule has 3 rings (SSSR count). The molecule has 1 atom stereocenters. The lowest BCUT2D eigenvalue weighted by Gasteiger charge is -2.30. The quantitative estimate of drug-likeness (QED) is 0.913. The second-order valence-electron chi connectivity index (χ2n) is 5.56. The predicted octanol–water partition coefficient (Wildman–Crippen LogP) is 1.73. The summed E-state index contributed by atoms with van der Waals surface area (Å²) in [6.45, 7) is 2.93. The van der Waals surface area contributed by atoms with Crippen LogP contribution in [0.2, 0.25) is 0 Å². The standard InChI is InChI=1S/C16H22N2O2/c19-16(12-20-14-7-3-9-17-11-14)18-10-4-6-13-5-1-2-8-15(13)18/h1-2,5,8,14,17H,3-4,6-7,9-12H2. The third-order valence-electron chi connectivity index (χ3n) is 4.11. The highest BCUT2D eigenvalue weighted by Crippen LogP contribution is 2.26. The van der Waals surface area contributed by atoms with Gasteiger partial charge in [0.25, 0.3) is 5.91 Å². The van der Waals surface area contributed by atoms with Gasteiger partial charge in [0, 0.05) is 18.8 Å². The zero-order chi connectivity index (χ0) is 13.8. The van der Waals surface area contributed by atoms with Crippen LogP contribution in [-0.4, -0.2) is 38.3 Å². The number of nitrogens with one attached hydrogen (secondary N) is 1. The SMILES string of the molecule is O=C(COC1CCCNC1)N1CCCc2ccccc21. The average Bonchev–Trinajstić information content (AvgIpc) is 2.53. The molecule has 1 saturated heterocycles. The Morgan fingerprint density at radius 2 is 2.25 bits per heavy atom. The van der Waals surface area contributed by atoms with Crippen LogP contribution < -0.4 is 10.2 Å². The maximum absolute atomic E-state index is 12.4. The normalized spacial score (nSPS) is 22.4. The van der Waals surface area contributed by atoms with E-state index in [4.69, 9.17) is 4.74 Å². The first kappa shape index (κ1) is 13.6. The Kier molecular flexibility index (Phi) is 4.33. The second-order valence-corrected chi connectivity index (χ2v) is 5.56. The van der Waals surface area contributed by atoms with Gasteiger partial charge in [-0.3, -0.25) is 4.79 Å². The van der Waals surface area contributed by atoms with Crippen LogP contribution in [0.5, 0.6) is 0 Å². The number of carbonyl (C=O) groups excluding carboxylic acids is 1. The first-order chi connectivity index (χ1) is 9.84. The molecule has 108 valence electrons. The van der Waals surface area contributed by atoms with Crippen molar-refractivity contribution in [3.8, 4) is 0 Å². The number of piperidine rings is 1. The van der Waals surface area contributed by atoms with Gasteiger partial charge in [0.2, 0.25) is 0 Å². The lowest BCUT2D eigenvalue weighted by atomic mass is 10.0. The topological polar surface area (TPSA) is 41.6 Å². The van der Waals surface area contributed by atoms with Crippen LogP contribution >= 0.6 is 0 Å². The third kappa shape index (κ3) is 3.02. The molecule has 0 aromatic heterocycles. The number of nitrogens with zero attached hydrogens (tertiary/aromatic N) is 1. The number of ether oxygens (including phenoxy) is 1. The fourth-order valence-electron chi connectivity index (χ4n) is 3.02. The van der Waals surface area contributed by atoms with E-state index in [1.54, 1.807) is 0 Å². The van der Waals surface area contributed by atoms with E-state index in [1.807, 2.05) is 23.1 Å². The van der Waals surface area contributed by atoms with E-state index in [-0.39, 0.29) is 18.6 Å². The summed E-state index contributed by atoms with van der Waals surface area (Å²) in [5.41, 5.74) is 2.33. The van der Waals surface area contributed by atoms with Crippen molar-refractivity contribution in [1.29, 1.82) is 0 Å². The van der Waals surface area contributed by atoms with E-state index in [0.29, 0.717) is 0 Å². The van der Waals surface area contributed by atoms with Crippen LogP contribution in [0.4, 0.5) is 5.69 Å². The third-order valence-corrected chi connectivity index (χ3v) is 4.11. The van der Waals surface area contributed by atoms with Crippen molar-refractivity contribution < 1.29 is 9.53 Å². The number of rotatable bonds is 3. The van der Waals surface area contributed by atoms with Crippen molar-refractivity contribution in [2.24, 2.45) is 0 Å². The molecule has 0 spiro atoms. The van der Waals surface area contributed by atoms with Gasteiger partial charge >= 0.3 is 0 Å². The van der Waals surface area contributed by atoms with Gasteiger partial charge in [0.15, 0.2) is 0 Å². The van der Waals surface area contributed by atoms with Crippen molar-refractivity contribution in [3.05, 3.63) is 29.8 Å². The molecule has 0 saturated carbocycles. The summed E-state index contributed by atoms with van der Waals surface area (Å²) in [7, 11) is 0. The molecule has 20 heavy (non-hydrogen) atoms. The molecule has 2 aliphatic rings. The van der Waals surface area contributed by atoms with Crippen molar-refractivity contribution in [2.45, 2.75) is 31.8 Å². The van der Waals surface area contributed by atoms with Gasteiger partial charge in [-0.15, -0.1) is 0 Å². The smallest absolute Gasteiger partial charge is 0.252 e. The van der Waals surface area contributed by atoms with Crippen molar-refractivity contribution in [3.63, 3.8) is 0 Å². The van der Waals surface area contributed by atoms with Crippen molar-refractivity contribution >= 4 is 11.6 Å². The molecule has 0 aliphatic carbocycles. The van der Waals surface area contributed by atoms with E-state index in [2.05, 4.69) is 11.4 Å².